The first-order valence-electron chi connectivity index (χ1n) is 5.49. The largest absolute Gasteiger partial charge is 0.365 e. The Morgan fingerprint density at radius 1 is 1.44 bits per heavy atom. The first-order chi connectivity index (χ1) is 7.49. The molecule has 16 heavy (non-hydrogen) atoms. The van der Waals surface area contributed by atoms with E-state index < -0.39 is 5.91 Å². The fourth-order valence-corrected chi connectivity index (χ4v) is 1.66. The van der Waals surface area contributed by atoms with Crippen LogP contribution in [0.25, 0.3) is 0 Å². The summed E-state index contributed by atoms with van der Waals surface area (Å²) in [6.45, 7) is 6.47. The number of nitrogens with two attached hydrogens (primary N) is 1. The number of unbranched alkanes of at least 4 members (excludes halogenated alkanes) is 1. The zero-order valence-electron chi connectivity index (χ0n) is 10.0. The molecule has 0 bridgehead atoms. The smallest absolute Gasteiger partial charge is 0.263 e. The van der Waals surface area contributed by atoms with E-state index in [-0.39, 0.29) is 11.1 Å². The van der Waals surface area contributed by atoms with Gasteiger partial charge in [0.15, 0.2) is 0 Å². The van der Waals surface area contributed by atoms with E-state index in [0.29, 0.717) is 6.54 Å². The maximum absolute atomic E-state index is 12.0. The van der Waals surface area contributed by atoms with Gasteiger partial charge in [-0.25, -0.2) is 0 Å². The summed E-state index contributed by atoms with van der Waals surface area (Å²) in [7, 11) is 0. The van der Waals surface area contributed by atoms with E-state index >= 15 is 0 Å². The summed E-state index contributed by atoms with van der Waals surface area (Å²) < 4.78 is 1.64. The number of rotatable bonds is 4. The van der Waals surface area contributed by atoms with Gasteiger partial charge in [-0.3, -0.25) is 9.59 Å². The molecule has 1 heterocycles. The molecule has 0 saturated heterocycles. The molecule has 0 fully saturated rings. The topological polar surface area (TPSA) is 65.1 Å². The van der Waals surface area contributed by atoms with Crippen molar-refractivity contribution in [1.29, 1.82) is 0 Å². The maximum atomic E-state index is 12.0. The highest BCUT2D eigenvalue weighted by Crippen LogP contribution is 2.07. The lowest BCUT2D eigenvalue weighted by Gasteiger charge is -2.13. The summed E-state index contributed by atoms with van der Waals surface area (Å²) in [6, 6.07) is 1.57. The normalized spacial score (nSPS) is 10.4. The second-order valence-electron chi connectivity index (χ2n) is 4.00. The van der Waals surface area contributed by atoms with Gasteiger partial charge in [-0.05, 0) is 31.9 Å². The quantitative estimate of drug-likeness (QED) is 0.836. The maximum Gasteiger partial charge on any atom is 0.263 e. The van der Waals surface area contributed by atoms with E-state index in [2.05, 4.69) is 6.92 Å². The zero-order chi connectivity index (χ0) is 12.3. The number of carbonyl (C=O) groups is 1. The van der Waals surface area contributed by atoms with E-state index in [1.807, 2.05) is 13.8 Å². The number of hydrogen-bond donors (Lipinski definition) is 1. The Morgan fingerprint density at radius 2 is 2.06 bits per heavy atom. The van der Waals surface area contributed by atoms with Crippen LogP contribution in [0, 0.1) is 13.8 Å². The summed E-state index contributed by atoms with van der Waals surface area (Å²) in [6.07, 6.45) is 1.92. The number of aromatic nitrogens is 1. The van der Waals surface area contributed by atoms with Crippen LogP contribution in [-0.2, 0) is 6.54 Å². The number of hydrogen-bond acceptors (Lipinski definition) is 2. The van der Waals surface area contributed by atoms with Gasteiger partial charge in [-0.1, -0.05) is 13.3 Å². The molecule has 4 heteroatoms. The first kappa shape index (κ1) is 12.5. The molecule has 1 amide bonds. The lowest BCUT2D eigenvalue weighted by atomic mass is 10.1. The Bertz CT molecular complexity index is 461. The van der Waals surface area contributed by atoms with E-state index in [1.54, 1.807) is 10.6 Å². The Hall–Kier alpha value is -1.58. The molecule has 1 aromatic heterocycles. The lowest BCUT2D eigenvalue weighted by molar-refractivity contribution is 0.0998. The number of nitrogens with zero attached hydrogens (tertiary/aromatic N) is 1. The Kier molecular flexibility index (Phi) is 3.88. The van der Waals surface area contributed by atoms with Crippen LogP contribution >= 0.6 is 0 Å². The predicted molar refractivity (Wildman–Crippen MR) is 63.6 cm³/mol. The van der Waals surface area contributed by atoms with Crippen LogP contribution in [0.1, 0.15) is 41.4 Å². The molecule has 0 radical (unpaired) electrons. The number of aryl methyl sites for hydroxylation is 1. The molecule has 88 valence electrons. The minimum absolute atomic E-state index is 0.0826. The molecule has 1 rings (SSSR count). The van der Waals surface area contributed by atoms with E-state index in [4.69, 9.17) is 5.73 Å². The molecule has 0 unspecified atom stereocenters. The zero-order valence-corrected chi connectivity index (χ0v) is 10.0. The molecule has 4 nitrogen and oxygen atoms in total. The van der Waals surface area contributed by atoms with Crippen molar-refractivity contribution in [3.8, 4) is 0 Å². The van der Waals surface area contributed by atoms with Gasteiger partial charge < -0.3 is 10.3 Å². The van der Waals surface area contributed by atoms with Gasteiger partial charge in [0.25, 0.3) is 11.5 Å². The molecule has 0 aliphatic carbocycles. The van der Waals surface area contributed by atoms with Crippen molar-refractivity contribution >= 4 is 5.91 Å². The van der Waals surface area contributed by atoms with Crippen LogP contribution in [0.2, 0.25) is 0 Å². The summed E-state index contributed by atoms with van der Waals surface area (Å²) in [5.41, 5.74) is 6.81. The first-order valence-corrected chi connectivity index (χ1v) is 5.49. The predicted octanol–water partition coefficient (Wildman–Crippen LogP) is 1.36. The van der Waals surface area contributed by atoms with E-state index in [9.17, 15) is 9.59 Å². The third-order valence-electron chi connectivity index (χ3n) is 2.81. The van der Waals surface area contributed by atoms with Crippen LogP contribution in [0.15, 0.2) is 10.9 Å². The molecule has 0 aliphatic heterocycles. The average molecular weight is 222 g/mol. The molecular weight excluding hydrogens is 204 g/mol. The van der Waals surface area contributed by atoms with E-state index in [1.165, 1.54) is 0 Å². The fraction of sp³-hybridized carbons (Fsp3) is 0.500. The van der Waals surface area contributed by atoms with Crippen molar-refractivity contribution in [1.82, 2.24) is 4.57 Å². The number of amides is 1. The van der Waals surface area contributed by atoms with Crippen molar-refractivity contribution in [3.05, 3.63) is 33.2 Å². The van der Waals surface area contributed by atoms with Crippen molar-refractivity contribution in [3.63, 3.8) is 0 Å². The minimum atomic E-state index is -0.654. The molecule has 0 spiro atoms. The third-order valence-corrected chi connectivity index (χ3v) is 2.81. The van der Waals surface area contributed by atoms with Crippen molar-refractivity contribution in [2.75, 3.05) is 0 Å². The van der Waals surface area contributed by atoms with Crippen LogP contribution in [0.4, 0.5) is 0 Å². The monoisotopic (exact) mass is 222 g/mol. The number of pyridine rings is 1. The Morgan fingerprint density at radius 3 is 2.56 bits per heavy atom. The van der Waals surface area contributed by atoms with Crippen molar-refractivity contribution in [2.45, 2.75) is 40.2 Å². The molecule has 1 aromatic rings. The summed E-state index contributed by atoms with van der Waals surface area (Å²) in [4.78, 5) is 23.1. The molecule has 2 N–H and O–H groups in total. The van der Waals surface area contributed by atoms with Crippen LogP contribution in [0.5, 0.6) is 0 Å². The molecule has 0 aromatic carbocycles. The van der Waals surface area contributed by atoms with Crippen molar-refractivity contribution < 1.29 is 4.79 Å². The Labute approximate surface area is 95.1 Å². The molecule has 0 saturated carbocycles. The van der Waals surface area contributed by atoms with Gasteiger partial charge in [-0.2, -0.15) is 0 Å². The number of carbonyl (C=O) groups excluding carboxylic acids is 1. The molecular formula is C12H18N2O2. The number of primary amides is 1. The van der Waals surface area contributed by atoms with Gasteiger partial charge in [0.05, 0.1) is 0 Å². The fourth-order valence-electron chi connectivity index (χ4n) is 1.66. The summed E-state index contributed by atoms with van der Waals surface area (Å²) in [5, 5.41) is 0. The van der Waals surface area contributed by atoms with Crippen LogP contribution in [-0.4, -0.2) is 10.5 Å². The van der Waals surface area contributed by atoms with Gasteiger partial charge in [0.1, 0.15) is 5.56 Å². The van der Waals surface area contributed by atoms with Gasteiger partial charge >= 0.3 is 0 Å². The summed E-state index contributed by atoms with van der Waals surface area (Å²) in [5.74, 6) is -0.654. The van der Waals surface area contributed by atoms with Crippen molar-refractivity contribution in [2.24, 2.45) is 5.73 Å². The molecule has 0 atom stereocenters. The second-order valence-corrected chi connectivity index (χ2v) is 4.00. The Balaban J connectivity index is 3.34. The highest BCUT2D eigenvalue weighted by atomic mass is 16.2. The van der Waals surface area contributed by atoms with Gasteiger partial charge in [0, 0.05) is 12.2 Å². The summed E-state index contributed by atoms with van der Waals surface area (Å²) >= 11 is 0. The third kappa shape index (κ3) is 2.32. The van der Waals surface area contributed by atoms with Gasteiger partial charge in [-0.15, -0.1) is 0 Å². The highest BCUT2D eigenvalue weighted by molar-refractivity contribution is 5.92. The lowest BCUT2D eigenvalue weighted by Crippen LogP contribution is -2.31. The SMILES string of the molecule is CCCCn1c(C)c(C)cc(C(N)=O)c1=O. The van der Waals surface area contributed by atoms with Crippen LogP contribution in [0.3, 0.4) is 0 Å². The van der Waals surface area contributed by atoms with Gasteiger partial charge in [0.2, 0.25) is 0 Å². The van der Waals surface area contributed by atoms with Crippen LogP contribution < -0.4 is 11.3 Å². The second kappa shape index (κ2) is 4.96. The van der Waals surface area contributed by atoms with E-state index in [0.717, 1.165) is 24.1 Å². The average Bonchev–Trinajstić information content (AvgIpc) is 2.23. The minimum Gasteiger partial charge on any atom is -0.365 e. The standard InChI is InChI=1S/C12H18N2O2/c1-4-5-6-14-9(3)8(2)7-10(11(13)15)12(14)16/h7H,4-6H2,1-3H3,(H2,13,15). The molecule has 0 aliphatic rings. The highest BCUT2D eigenvalue weighted by Gasteiger charge is 2.12.